The molecule has 2 rings (SSSR count). The van der Waals surface area contributed by atoms with Gasteiger partial charge >= 0.3 is 0 Å². The molecule has 0 saturated heterocycles. The molecule has 0 N–H and O–H groups in total. The number of amides is 1. The molecule has 1 aromatic heterocycles. The zero-order valence-corrected chi connectivity index (χ0v) is 13.4. The predicted molar refractivity (Wildman–Crippen MR) is 87.7 cm³/mol. The largest absolute Gasteiger partial charge is 0.339 e. The lowest BCUT2D eigenvalue weighted by atomic mass is 10.0. The monoisotopic (exact) mass is 284 g/mol. The minimum absolute atomic E-state index is 0.118. The van der Waals surface area contributed by atoms with Gasteiger partial charge < -0.3 is 4.90 Å². The Morgan fingerprint density at radius 1 is 1.19 bits per heavy atom. The highest BCUT2D eigenvalue weighted by Crippen LogP contribution is 2.21. The average Bonchev–Trinajstić information content (AvgIpc) is 2.47. The summed E-state index contributed by atoms with van der Waals surface area (Å²) in [6.45, 7) is 9.73. The van der Waals surface area contributed by atoms with Gasteiger partial charge in [0.15, 0.2) is 0 Å². The molecule has 0 atom stereocenters. The number of nitrogens with zero attached hydrogens (tertiary/aromatic N) is 2. The van der Waals surface area contributed by atoms with Gasteiger partial charge in [-0.05, 0) is 45.4 Å². The van der Waals surface area contributed by atoms with Crippen molar-refractivity contribution in [3.8, 4) is 0 Å². The van der Waals surface area contributed by atoms with Gasteiger partial charge in [0, 0.05) is 24.2 Å². The first-order valence-electron chi connectivity index (χ1n) is 7.74. The Labute approximate surface area is 127 Å². The Morgan fingerprint density at radius 3 is 2.62 bits per heavy atom. The van der Waals surface area contributed by atoms with E-state index >= 15 is 0 Å². The Morgan fingerprint density at radius 2 is 1.95 bits per heavy atom. The highest BCUT2D eigenvalue weighted by Gasteiger charge is 2.17. The maximum Gasteiger partial charge on any atom is 0.254 e. The van der Waals surface area contributed by atoms with Gasteiger partial charge in [0.05, 0.1) is 11.1 Å². The summed E-state index contributed by atoms with van der Waals surface area (Å²) < 4.78 is 0. The van der Waals surface area contributed by atoms with E-state index in [4.69, 9.17) is 0 Å². The first kappa shape index (κ1) is 15.5. The van der Waals surface area contributed by atoms with E-state index < -0.39 is 0 Å². The fourth-order valence-corrected chi connectivity index (χ4v) is 2.57. The second-order valence-corrected chi connectivity index (χ2v) is 5.57. The Balaban J connectivity index is 2.48. The fraction of sp³-hybridized carbons (Fsp3) is 0.444. The maximum absolute atomic E-state index is 12.9. The molecule has 0 bridgehead atoms. The van der Waals surface area contributed by atoms with Gasteiger partial charge in [-0.15, -0.1) is 0 Å². The third-order valence-corrected chi connectivity index (χ3v) is 3.77. The lowest BCUT2D eigenvalue weighted by molar-refractivity contribution is 0.0764. The summed E-state index contributed by atoms with van der Waals surface area (Å²) in [4.78, 5) is 19.3. The summed E-state index contributed by atoms with van der Waals surface area (Å²) in [5, 5.41) is 0.959. The normalized spacial score (nSPS) is 10.9. The van der Waals surface area contributed by atoms with Gasteiger partial charge in [0.2, 0.25) is 0 Å². The number of hydrogen-bond donors (Lipinski definition) is 0. The summed E-state index contributed by atoms with van der Waals surface area (Å²) in [7, 11) is 0. The van der Waals surface area contributed by atoms with Crippen molar-refractivity contribution in [1.29, 1.82) is 0 Å². The fourth-order valence-electron chi connectivity index (χ4n) is 2.57. The molecular weight excluding hydrogens is 260 g/mol. The molecule has 1 aromatic carbocycles. The molecule has 112 valence electrons. The minimum Gasteiger partial charge on any atom is -0.339 e. The first-order chi connectivity index (χ1) is 10.1. The minimum atomic E-state index is 0.118. The van der Waals surface area contributed by atoms with Crippen molar-refractivity contribution in [2.45, 2.75) is 40.5 Å². The van der Waals surface area contributed by atoms with Crippen molar-refractivity contribution in [1.82, 2.24) is 9.88 Å². The molecular formula is C18H24N2O. The van der Waals surface area contributed by atoms with Crippen LogP contribution in [-0.4, -0.2) is 28.9 Å². The number of rotatable bonds is 5. The third-order valence-electron chi connectivity index (χ3n) is 3.77. The van der Waals surface area contributed by atoms with E-state index in [-0.39, 0.29) is 5.91 Å². The molecule has 0 aliphatic rings. The van der Waals surface area contributed by atoms with Crippen molar-refractivity contribution < 1.29 is 4.79 Å². The standard InChI is InChI=1S/C18H24N2O/c1-5-7-10-20(6-2)18(21)16-12-14(4)19-17-9-8-13(3)11-15(16)17/h8-9,11-12H,5-7,10H2,1-4H3. The molecule has 1 heterocycles. The molecule has 0 unspecified atom stereocenters. The molecule has 0 saturated carbocycles. The zero-order valence-electron chi connectivity index (χ0n) is 13.4. The number of carbonyl (C=O) groups excluding carboxylic acids is 1. The van der Waals surface area contributed by atoms with E-state index in [1.165, 1.54) is 0 Å². The molecule has 21 heavy (non-hydrogen) atoms. The van der Waals surface area contributed by atoms with Crippen molar-refractivity contribution in [3.05, 3.63) is 41.1 Å². The van der Waals surface area contributed by atoms with Crippen LogP contribution < -0.4 is 0 Å². The van der Waals surface area contributed by atoms with Crippen LogP contribution in [0.25, 0.3) is 10.9 Å². The second kappa shape index (κ2) is 6.70. The number of aromatic nitrogens is 1. The summed E-state index contributed by atoms with van der Waals surface area (Å²) in [6, 6.07) is 8.01. The topological polar surface area (TPSA) is 33.2 Å². The maximum atomic E-state index is 12.9. The summed E-state index contributed by atoms with van der Waals surface area (Å²) in [5.74, 6) is 0.118. The van der Waals surface area contributed by atoms with E-state index in [1.807, 2.05) is 43.9 Å². The smallest absolute Gasteiger partial charge is 0.254 e. The van der Waals surface area contributed by atoms with Crippen LogP contribution in [0, 0.1) is 13.8 Å². The average molecular weight is 284 g/mol. The van der Waals surface area contributed by atoms with Crippen molar-refractivity contribution in [2.24, 2.45) is 0 Å². The molecule has 0 radical (unpaired) electrons. The van der Waals surface area contributed by atoms with Crippen molar-refractivity contribution >= 4 is 16.8 Å². The molecule has 3 heteroatoms. The number of hydrogen-bond acceptors (Lipinski definition) is 2. The SMILES string of the molecule is CCCCN(CC)C(=O)c1cc(C)nc2ccc(C)cc12. The molecule has 0 aliphatic carbocycles. The van der Waals surface area contributed by atoms with E-state index in [0.717, 1.165) is 53.7 Å². The Hall–Kier alpha value is -1.90. The highest BCUT2D eigenvalue weighted by atomic mass is 16.2. The van der Waals surface area contributed by atoms with Crippen LogP contribution in [0.3, 0.4) is 0 Å². The molecule has 0 fully saturated rings. The number of fused-ring (bicyclic) bond motifs is 1. The molecule has 3 nitrogen and oxygen atoms in total. The number of aryl methyl sites for hydroxylation is 2. The number of carbonyl (C=O) groups is 1. The van der Waals surface area contributed by atoms with Crippen LogP contribution in [0.15, 0.2) is 24.3 Å². The summed E-state index contributed by atoms with van der Waals surface area (Å²) >= 11 is 0. The van der Waals surface area contributed by atoms with Crippen LogP contribution in [0.4, 0.5) is 0 Å². The van der Waals surface area contributed by atoms with Crippen LogP contribution in [0.2, 0.25) is 0 Å². The molecule has 1 amide bonds. The number of unbranched alkanes of at least 4 members (excludes halogenated alkanes) is 1. The van der Waals surface area contributed by atoms with Gasteiger partial charge in [-0.2, -0.15) is 0 Å². The van der Waals surface area contributed by atoms with Gasteiger partial charge in [0.1, 0.15) is 0 Å². The Bertz CT molecular complexity index is 649. The molecule has 2 aromatic rings. The van der Waals surface area contributed by atoms with E-state index in [0.29, 0.717) is 0 Å². The van der Waals surface area contributed by atoms with Gasteiger partial charge in [-0.3, -0.25) is 9.78 Å². The zero-order chi connectivity index (χ0) is 15.4. The van der Waals surface area contributed by atoms with Crippen LogP contribution in [-0.2, 0) is 0 Å². The van der Waals surface area contributed by atoms with Crippen molar-refractivity contribution in [3.63, 3.8) is 0 Å². The lowest BCUT2D eigenvalue weighted by Crippen LogP contribution is -2.32. The van der Waals surface area contributed by atoms with Gasteiger partial charge in [-0.1, -0.05) is 25.0 Å². The second-order valence-electron chi connectivity index (χ2n) is 5.57. The number of benzene rings is 1. The summed E-state index contributed by atoms with van der Waals surface area (Å²) in [5.41, 5.74) is 3.72. The van der Waals surface area contributed by atoms with Crippen LogP contribution >= 0.6 is 0 Å². The Kier molecular flexibility index (Phi) is 4.94. The van der Waals surface area contributed by atoms with Gasteiger partial charge in [-0.25, -0.2) is 0 Å². The van der Waals surface area contributed by atoms with Gasteiger partial charge in [0.25, 0.3) is 5.91 Å². The number of pyridine rings is 1. The third kappa shape index (κ3) is 3.41. The molecule has 0 spiro atoms. The van der Waals surface area contributed by atoms with Crippen LogP contribution in [0.5, 0.6) is 0 Å². The van der Waals surface area contributed by atoms with E-state index in [2.05, 4.69) is 18.0 Å². The molecule has 0 aliphatic heterocycles. The van der Waals surface area contributed by atoms with E-state index in [9.17, 15) is 4.79 Å². The lowest BCUT2D eigenvalue weighted by Gasteiger charge is -2.21. The van der Waals surface area contributed by atoms with Crippen molar-refractivity contribution in [2.75, 3.05) is 13.1 Å². The highest BCUT2D eigenvalue weighted by molar-refractivity contribution is 6.06. The van der Waals surface area contributed by atoms with E-state index in [1.54, 1.807) is 0 Å². The first-order valence-corrected chi connectivity index (χ1v) is 7.74. The summed E-state index contributed by atoms with van der Waals surface area (Å²) in [6.07, 6.45) is 2.14. The van der Waals surface area contributed by atoms with Crippen LogP contribution in [0.1, 0.15) is 48.3 Å². The predicted octanol–water partition coefficient (Wildman–Crippen LogP) is 4.11. The quantitative estimate of drug-likeness (QED) is 0.827.